The number of allylic oxidation sites excluding steroid dienone is 4. The Hall–Kier alpha value is -2.18. The van der Waals surface area contributed by atoms with Crippen LogP contribution < -0.4 is 0 Å². The van der Waals surface area contributed by atoms with Gasteiger partial charge in [0.25, 0.3) is 0 Å². The Balaban J connectivity index is -0.000000110. The molecule has 7 heteroatoms. The summed E-state index contributed by atoms with van der Waals surface area (Å²) in [5.41, 5.74) is 0.528. The van der Waals surface area contributed by atoms with Crippen LogP contribution in [0.1, 0.15) is 27.2 Å². The van der Waals surface area contributed by atoms with Crippen LogP contribution in [-0.4, -0.2) is 33.2 Å². The Morgan fingerprint density at radius 2 is 1.08 bits per heavy atom. The van der Waals surface area contributed by atoms with E-state index in [9.17, 15) is 14.4 Å². The molecule has 0 heterocycles. The Kier molecular flexibility index (Phi) is 23.4. The van der Waals surface area contributed by atoms with Crippen molar-refractivity contribution in [2.75, 3.05) is 0 Å². The van der Waals surface area contributed by atoms with Crippen LogP contribution >= 0.6 is 0 Å². The number of hydrogen-bond acceptors (Lipinski definition) is 3. The Labute approximate surface area is 157 Å². The average Bonchev–Trinajstić information content (AvgIpc) is 2.98. The molecule has 24 heavy (non-hydrogen) atoms. The Morgan fingerprint density at radius 1 is 0.833 bits per heavy atom. The molecule has 1 rings (SSSR count). The first-order valence-corrected chi connectivity index (χ1v) is 6.31. The minimum absolute atomic E-state index is 0. The number of carbonyl (C=O) groups is 3. The molecule has 0 aromatic heterocycles. The fraction of sp³-hybridized carbons (Fsp3) is 0.235. The van der Waals surface area contributed by atoms with Crippen molar-refractivity contribution in [3.8, 4) is 0 Å². The van der Waals surface area contributed by atoms with E-state index in [1.165, 1.54) is 20.8 Å². The maximum atomic E-state index is 9.60. The standard InChI is InChI=1S/C5H5.3C4H6O2.Ti/c1-2-4-5-3-1;3*1-3(2)4(5)6;/h1-3H,4H2;3*1H2,2H3,(H,5,6);/q-1;;;;. The summed E-state index contributed by atoms with van der Waals surface area (Å²) >= 11 is 0. The summed E-state index contributed by atoms with van der Waals surface area (Å²) in [6, 6.07) is 0. The van der Waals surface area contributed by atoms with Gasteiger partial charge in [-0.05, 0) is 20.8 Å². The van der Waals surface area contributed by atoms with E-state index >= 15 is 0 Å². The van der Waals surface area contributed by atoms with Crippen LogP contribution in [0.4, 0.5) is 0 Å². The van der Waals surface area contributed by atoms with Gasteiger partial charge in [0.05, 0.1) is 0 Å². The first kappa shape index (κ1) is 29.8. The predicted molar refractivity (Wildman–Crippen MR) is 88.9 cm³/mol. The summed E-state index contributed by atoms with van der Waals surface area (Å²) in [6.07, 6.45) is 10.0. The third-order valence-corrected chi connectivity index (χ3v) is 1.68. The first-order chi connectivity index (χ1) is 10.4. The molecule has 132 valence electrons. The molecule has 0 radical (unpaired) electrons. The first-order valence-electron chi connectivity index (χ1n) is 6.31. The van der Waals surface area contributed by atoms with Gasteiger partial charge in [-0.2, -0.15) is 6.08 Å². The largest absolute Gasteiger partial charge is 0.478 e. The van der Waals surface area contributed by atoms with Crippen LogP contribution in [0.3, 0.4) is 0 Å². The number of rotatable bonds is 3. The molecule has 0 aliphatic heterocycles. The van der Waals surface area contributed by atoms with Gasteiger partial charge < -0.3 is 15.3 Å². The van der Waals surface area contributed by atoms with Crippen LogP contribution in [0.2, 0.25) is 0 Å². The third-order valence-electron chi connectivity index (χ3n) is 1.68. The van der Waals surface area contributed by atoms with E-state index < -0.39 is 17.9 Å². The summed E-state index contributed by atoms with van der Waals surface area (Å²) in [5, 5.41) is 23.7. The van der Waals surface area contributed by atoms with E-state index in [0.717, 1.165) is 6.42 Å². The second-order valence-electron chi connectivity index (χ2n) is 4.26. The zero-order chi connectivity index (χ0) is 19.0. The van der Waals surface area contributed by atoms with Crippen molar-refractivity contribution in [2.24, 2.45) is 0 Å². The zero-order valence-electron chi connectivity index (χ0n) is 14.1. The molecular formula is C17H23O6Ti-. The fourth-order valence-electron chi connectivity index (χ4n) is 0.340. The second kappa shape index (κ2) is 18.9. The molecule has 3 N–H and O–H groups in total. The SMILES string of the molecule is C=C(C)C(=O)O.C=C(C)C(=O)O.C=C(C)C(=O)O.[C-]1=CC=CC1.[Ti]. The van der Waals surface area contributed by atoms with E-state index in [1.54, 1.807) is 0 Å². The normalized spacial score (nSPS) is 9.29. The molecule has 0 saturated carbocycles. The summed E-state index contributed by atoms with van der Waals surface area (Å²) in [4.78, 5) is 28.8. The van der Waals surface area contributed by atoms with Crippen molar-refractivity contribution in [3.63, 3.8) is 0 Å². The molecule has 0 fully saturated rings. The molecule has 0 amide bonds. The van der Waals surface area contributed by atoms with Gasteiger partial charge in [-0.25, -0.2) is 26.5 Å². The number of hydrogen-bond donors (Lipinski definition) is 3. The minimum atomic E-state index is -0.935. The monoisotopic (exact) mass is 371 g/mol. The molecule has 6 nitrogen and oxygen atoms in total. The number of carboxylic acid groups (broad SMARTS) is 3. The van der Waals surface area contributed by atoms with E-state index in [0.29, 0.717) is 0 Å². The van der Waals surface area contributed by atoms with Crippen molar-refractivity contribution >= 4 is 17.9 Å². The van der Waals surface area contributed by atoms with Gasteiger partial charge in [-0.3, -0.25) is 6.08 Å². The van der Waals surface area contributed by atoms with E-state index in [4.69, 9.17) is 15.3 Å². The topological polar surface area (TPSA) is 112 Å². The van der Waals surface area contributed by atoms with Gasteiger partial charge in [-0.15, -0.1) is 6.42 Å². The van der Waals surface area contributed by atoms with Crippen molar-refractivity contribution in [1.29, 1.82) is 0 Å². The average molecular weight is 371 g/mol. The smallest absolute Gasteiger partial charge is 0.330 e. The zero-order valence-corrected chi connectivity index (χ0v) is 15.7. The second-order valence-corrected chi connectivity index (χ2v) is 4.26. The molecule has 0 spiro atoms. The summed E-state index contributed by atoms with van der Waals surface area (Å²) in [7, 11) is 0. The quantitative estimate of drug-likeness (QED) is 0.399. The summed E-state index contributed by atoms with van der Waals surface area (Å²) < 4.78 is 0. The maximum Gasteiger partial charge on any atom is 0.330 e. The third kappa shape index (κ3) is 32.0. The van der Waals surface area contributed by atoms with Crippen LogP contribution in [0, 0.1) is 6.08 Å². The van der Waals surface area contributed by atoms with E-state index in [1.807, 2.05) is 12.2 Å². The minimum Gasteiger partial charge on any atom is -0.478 e. The maximum absolute atomic E-state index is 9.60. The number of aliphatic carboxylic acids is 3. The molecule has 0 bridgehead atoms. The van der Waals surface area contributed by atoms with Gasteiger partial charge in [0.2, 0.25) is 0 Å². The molecule has 0 aromatic carbocycles. The Morgan fingerprint density at radius 3 is 1.12 bits per heavy atom. The molecule has 0 saturated heterocycles. The fourth-order valence-corrected chi connectivity index (χ4v) is 0.340. The van der Waals surface area contributed by atoms with Crippen LogP contribution in [0.25, 0.3) is 0 Å². The predicted octanol–water partition coefficient (Wildman–Crippen LogP) is 3.24. The van der Waals surface area contributed by atoms with Crippen molar-refractivity contribution < 1.29 is 51.4 Å². The van der Waals surface area contributed by atoms with Crippen molar-refractivity contribution in [3.05, 3.63) is 60.8 Å². The van der Waals surface area contributed by atoms with E-state index in [2.05, 4.69) is 31.9 Å². The molecule has 0 aromatic rings. The molecule has 0 unspecified atom stereocenters. The Bertz CT molecular complexity index is 412. The molecule has 1 aliphatic carbocycles. The van der Waals surface area contributed by atoms with Crippen LogP contribution in [0.15, 0.2) is 54.7 Å². The van der Waals surface area contributed by atoms with Gasteiger partial charge >= 0.3 is 17.9 Å². The van der Waals surface area contributed by atoms with Gasteiger partial charge in [0.1, 0.15) is 0 Å². The van der Waals surface area contributed by atoms with Gasteiger partial charge in [0.15, 0.2) is 0 Å². The van der Waals surface area contributed by atoms with Crippen molar-refractivity contribution in [1.82, 2.24) is 0 Å². The molecular weight excluding hydrogens is 348 g/mol. The summed E-state index contributed by atoms with van der Waals surface area (Å²) in [6.45, 7) is 13.8. The molecule has 0 atom stereocenters. The number of carboxylic acids is 3. The van der Waals surface area contributed by atoms with Crippen LogP contribution in [-0.2, 0) is 36.1 Å². The summed E-state index contributed by atoms with van der Waals surface area (Å²) in [5.74, 6) is -2.81. The van der Waals surface area contributed by atoms with Gasteiger partial charge in [0, 0.05) is 38.4 Å². The van der Waals surface area contributed by atoms with E-state index in [-0.39, 0.29) is 38.4 Å². The molecule has 1 aliphatic rings. The van der Waals surface area contributed by atoms with Gasteiger partial charge in [-0.1, -0.05) is 19.7 Å². The van der Waals surface area contributed by atoms with Crippen LogP contribution in [0.5, 0.6) is 0 Å². The van der Waals surface area contributed by atoms with Crippen molar-refractivity contribution in [2.45, 2.75) is 27.2 Å².